The number of ketones is 1. The summed E-state index contributed by atoms with van der Waals surface area (Å²) in [6, 6.07) is 9.82. The molecule has 5 heteroatoms. The Morgan fingerprint density at radius 1 is 1.05 bits per heavy atom. The number of Topliss-reactive ketones (excluding diaryl/α,β-unsaturated/α-hetero) is 1. The van der Waals surface area contributed by atoms with Crippen LogP contribution in [0.1, 0.15) is 28.4 Å². The predicted molar refractivity (Wildman–Crippen MR) is 79.1 cm³/mol. The number of hydrogen-bond acceptors (Lipinski definition) is 4. The second kappa shape index (κ2) is 5.75. The van der Waals surface area contributed by atoms with Gasteiger partial charge in [-0.15, -0.1) is 0 Å². The number of nitro benzene ring substituents is 1. The van der Waals surface area contributed by atoms with E-state index < -0.39 is 4.92 Å². The van der Waals surface area contributed by atoms with E-state index in [2.05, 4.69) is 0 Å². The molecule has 0 spiro atoms. The Morgan fingerprint density at radius 3 is 2.24 bits per heavy atom. The summed E-state index contributed by atoms with van der Waals surface area (Å²) < 4.78 is 5.62. The molecule has 0 aliphatic rings. The second-order valence-electron chi connectivity index (χ2n) is 4.84. The van der Waals surface area contributed by atoms with Crippen LogP contribution in [0.25, 0.3) is 0 Å². The van der Waals surface area contributed by atoms with Crippen LogP contribution in [0.3, 0.4) is 0 Å². The molecule has 5 nitrogen and oxygen atoms in total. The molecular weight excluding hydrogens is 270 g/mol. The number of nitro groups is 1. The first kappa shape index (κ1) is 14.7. The maximum atomic E-state index is 11.4. The summed E-state index contributed by atoms with van der Waals surface area (Å²) in [5.74, 6) is 0.581. The Labute approximate surface area is 122 Å². The molecule has 0 aromatic heterocycles. The van der Waals surface area contributed by atoms with Crippen LogP contribution in [-0.4, -0.2) is 10.7 Å². The monoisotopic (exact) mass is 285 g/mol. The molecule has 0 aliphatic heterocycles. The summed E-state index contributed by atoms with van der Waals surface area (Å²) >= 11 is 0. The van der Waals surface area contributed by atoms with Gasteiger partial charge in [0.05, 0.1) is 16.6 Å². The number of ether oxygens (including phenoxy) is 1. The maximum absolute atomic E-state index is 11.4. The first-order chi connectivity index (χ1) is 9.88. The highest BCUT2D eigenvalue weighted by molar-refractivity contribution is 5.98. The number of aryl methyl sites for hydroxylation is 2. The average molecular weight is 285 g/mol. The van der Waals surface area contributed by atoms with E-state index >= 15 is 0 Å². The molecule has 2 rings (SSSR count). The Kier molecular flexibility index (Phi) is 4.03. The standard InChI is InChI=1S/C16H15NO4/c1-10-4-5-13(8-11(10)2)21-14-6-7-15(12(3)18)16(9-14)17(19)20/h4-9H,1-3H3. The summed E-state index contributed by atoms with van der Waals surface area (Å²) in [6.45, 7) is 5.25. The minimum Gasteiger partial charge on any atom is -0.457 e. The molecule has 2 aromatic carbocycles. The molecule has 0 unspecified atom stereocenters. The quantitative estimate of drug-likeness (QED) is 0.479. The van der Waals surface area contributed by atoms with E-state index in [-0.39, 0.29) is 17.0 Å². The SMILES string of the molecule is CC(=O)c1ccc(Oc2ccc(C)c(C)c2)cc1[N+](=O)[O-]. The van der Waals surface area contributed by atoms with Crippen molar-refractivity contribution in [2.45, 2.75) is 20.8 Å². The molecule has 0 saturated carbocycles. The zero-order valence-electron chi connectivity index (χ0n) is 12.0. The molecule has 0 amide bonds. The highest BCUT2D eigenvalue weighted by Gasteiger charge is 2.18. The van der Waals surface area contributed by atoms with Crippen molar-refractivity contribution in [1.82, 2.24) is 0 Å². The van der Waals surface area contributed by atoms with Gasteiger partial charge >= 0.3 is 0 Å². The van der Waals surface area contributed by atoms with Gasteiger partial charge in [-0.2, -0.15) is 0 Å². The normalized spacial score (nSPS) is 10.2. The van der Waals surface area contributed by atoms with Gasteiger partial charge in [-0.25, -0.2) is 0 Å². The molecule has 0 aliphatic carbocycles. The van der Waals surface area contributed by atoms with E-state index in [1.165, 1.54) is 19.1 Å². The van der Waals surface area contributed by atoms with E-state index in [4.69, 9.17) is 4.74 Å². The molecule has 2 aromatic rings. The molecule has 0 atom stereocenters. The largest absolute Gasteiger partial charge is 0.457 e. The minimum absolute atomic E-state index is 0.0763. The van der Waals surface area contributed by atoms with Gasteiger partial charge in [-0.3, -0.25) is 14.9 Å². The molecule has 0 saturated heterocycles. The first-order valence-corrected chi connectivity index (χ1v) is 6.43. The van der Waals surface area contributed by atoms with Crippen molar-refractivity contribution in [2.24, 2.45) is 0 Å². The third-order valence-electron chi connectivity index (χ3n) is 3.26. The number of hydrogen-bond donors (Lipinski definition) is 0. The van der Waals surface area contributed by atoms with Crippen molar-refractivity contribution in [2.75, 3.05) is 0 Å². The third-order valence-corrected chi connectivity index (χ3v) is 3.26. The Hall–Kier alpha value is -2.69. The highest BCUT2D eigenvalue weighted by Crippen LogP contribution is 2.29. The highest BCUT2D eigenvalue weighted by atomic mass is 16.6. The van der Waals surface area contributed by atoms with E-state index in [1.807, 2.05) is 26.0 Å². The number of carbonyl (C=O) groups is 1. The van der Waals surface area contributed by atoms with Crippen LogP contribution in [0, 0.1) is 24.0 Å². The van der Waals surface area contributed by atoms with Gasteiger partial charge in [-0.05, 0) is 56.2 Å². The first-order valence-electron chi connectivity index (χ1n) is 6.43. The van der Waals surface area contributed by atoms with E-state index in [1.54, 1.807) is 12.1 Å². The predicted octanol–water partition coefficient (Wildman–Crippen LogP) is 4.21. The fourth-order valence-electron chi connectivity index (χ4n) is 1.94. The Morgan fingerprint density at radius 2 is 1.67 bits per heavy atom. The lowest BCUT2D eigenvalue weighted by Crippen LogP contribution is -2.00. The average Bonchev–Trinajstić information content (AvgIpc) is 2.42. The minimum atomic E-state index is -0.579. The van der Waals surface area contributed by atoms with Gasteiger partial charge < -0.3 is 4.74 Å². The van der Waals surface area contributed by atoms with Crippen molar-refractivity contribution in [3.05, 3.63) is 63.2 Å². The van der Waals surface area contributed by atoms with Gasteiger partial charge in [0.15, 0.2) is 5.78 Å². The topological polar surface area (TPSA) is 69.4 Å². The maximum Gasteiger partial charge on any atom is 0.283 e. The summed E-state index contributed by atoms with van der Waals surface area (Å²) in [7, 11) is 0. The van der Waals surface area contributed by atoms with E-state index in [0.717, 1.165) is 11.1 Å². The molecular formula is C16H15NO4. The van der Waals surface area contributed by atoms with E-state index in [9.17, 15) is 14.9 Å². The Bertz CT molecular complexity index is 722. The summed E-state index contributed by atoms with van der Waals surface area (Å²) in [6.07, 6.45) is 0. The Balaban J connectivity index is 2.36. The third kappa shape index (κ3) is 3.25. The molecule has 21 heavy (non-hydrogen) atoms. The van der Waals surface area contributed by atoms with Crippen LogP contribution >= 0.6 is 0 Å². The van der Waals surface area contributed by atoms with Crippen molar-refractivity contribution < 1.29 is 14.5 Å². The van der Waals surface area contributed by atoms with Crippen molar-refractivity contribution in [3.8, 4) is 11.5 Å². The van der Waals surface area contributed by atoms with Crippen LogP contribution < -0.4 is 4.74 Å². The van der Waals surface area contributed by atoms with Gasteiger partial charge in [0.1, 0.15) is 11.5 Å². The summed E-state index contributed by atoms with van der Waals surface area (Å²) in [5.41, 5.74) is 2.04. The van der Waals surface area contributed by atoms with Crippen LogP contribution in [0.4, 0.5) is 5.69 Å². The lowest BCUT2D eigenvalue weighted by Gasteiger charge is -2.08. The number of rotatable bonds is 4. The molecule has 0 radical (unpaired) electrons. The van der Waals surface area contributed by atoms with Crippen LogP contribution in [0.2, 0.25) is 0 Å². The molecule has 0 heterocycles. The van der Waals surface area contributed by atoms with Gasteiger partial charge in [0, 0.05) is 0 Å². The van der Waals surface area contributed by atoms with Crippen LogP contribution in [0.5, 0.6) is 11.5 Å². The zero-order valence-corrected chi connectivity index (χ0v) is 12.0. The molecule has 0 bridgehead atoms. The molecule has 0 N–H and O–H groups in total. The second-order valence-corrected chi connectivity index (χ2v) is 4.84. The van der Waals surface area contributed by atoms with Crippen molar-refractivity contribution >= 4 is 11.5 Å². The zero-order chi connectivity index (χ0) is 15.6. The van der Waals surface area contributed by atoms with Gasteiger partial charge in [-0.1, -0.05) is 6.07 Å². The van der Waals surface area contributed by atoms with Gasteiger partial charge in [0.25, 0.3) is 5.69 Å². The van der Waals surface area contributed by atoms with Crippen molar-refractivity contribution in [3.63, 3.8) is 0 Å². The van der Waals surface area contributed by atoms with Crippen molar-refractivity contribution in [1.29, 1.82) is 0 Å². The number of carbonyl (C=O) groups excluding carboxylic acids is 1. The fourth-order valence-corrected chi connectivity index (χ4v) is 1.94. The van der Waals surface area contributed by atoms with E-state index in [0.29, 0.717) is 11.5 Å². The lowest BCUT2D eigenvalue weighted by atomic mass is 10.1. The fraction of sp³-hybridized carbons (Fsp3) is 0.188. The van der Waals surface area contributed by atoms with Gasteiger partial charge in [0.2, 0.25) is 0 Å². The summed E-state index contributed by atoms with van der Waals surface area (Å²) in [4.78, 5) is 21.8. The molecule has 0 fully saturated rings. The number of benzene rings is 2. The molecule has 108 valence electrons. The lowest BCUT2D eigenvalue weighted by molar-refractivity contribution is -0.385. The van der Waals surface area contributed by atoms with Crippen LogP contribution in [-0.2, 0) is 0 Å². The van der Waals surface area contributed by atoms with Crippen LogP contribution in [0.15, 0.2) is 36.4 Å². The number of nitrogens with zero attached hydrogens (tertiary/aromatic N) is 1. The summed E-state index contributed by atoms with van der Waals surface area (Å²) in [5, 5.41) is 11.0. The smallest absolute Gasteiger partial charge is 0.283 e.